The van der Waals surface area contributed by atoms with E-state index in [1.807, 2.05) is 0 Å². The van der Waals surface area contributed by atoms with E-state index in [9.17, 15) is 13.2 Å². The van der Waals surface area contributed by atoms with Gasteiger partial charge < -0.3 is 5.32 Å². The van der Waals surface area contributed by atoms with Gasteiger partial charge in [-0.3, -0.25) is 4.79 Å². The Morgan fingerprint density at radius 2 is 1.85 bits per heavy atom. The molecule has 2 N–H and O–H groups in total. The summed E-state index contributed by atoms with van der Waals surface area (Å²) in [6.45, 7) is 5.23. The van der Waals surface area contributed by atoms with Crippen LogP contribution >= 0.6 is 0 Å². The predicted molar refractivity (Wildman–Crippen MR) is 105 cm³/mol. The molecule has 0 heterocycles. The van der Waals surface area contributed by atoms with Crippen LogP contribution in [0.3, 0.4) is 0 Å². The summed E-state index contributed by atoms with van der Waals surface area (Å²) in [6, 6.07) is 6.09. The summed E-state index contributed by atoms with van der Waals surface area (Å²) >= 11 is 0. The van der Waals surface area contributed by atoms with E-state index in [2.05, 4.69) is 30.0 Å². The average Bonchev–Trinajstić information content (AvgIpc) is 2.62. The van der Waals surface area contributed by atoms with Crippen molar-refractivity contribution in [3.8, 4) is 0 Å². The van der Waals surface area contributed by atoms with Gasteiger partial charge in [0.25, 0.3) is 5.91 Å². The van der Waals surface area contributed by atoms with Gasteiger partial charge in [0.2, 0.25) is 10.0 Å². The fraction of sp³-hybridized carbons (Fsp3) is 0.550. The van der Waals surface area contributed by atoms with Crippen LogP contribution in [0, 0.1) is 5.92 Å². The zero-order valence-corrected chi connectivity index (χ0v) is 16.6. The van der Waals surface area contributed by atoms with Gasteiger partial charge in [-0.25, -0.2) is 13.1 Å². The number of carbonyl (C=O) groups excluding carboxylic acids is 1. The highest BCUT2D eigenvalue weighted by molar-refractivity contribution is 7.89. The molecule has 0 saturated heterocycles. The third kappa shape index (κ3) is 6.57. The van der Waals surface area contributed by atoms with Gasteiger partial charge in [-0.05, 0) is 68.7 Å². The van der Waals surface area contributed by atoms with Crippen LogP contribution in [0.15, 0.2) is 40.8 Å². The number of amides is 1. The van der Waals surface area contributed by atoms with E-state index in [-0.39, 0.29) is 10.8 Å². The SMILES string of the molecule is CC(C)CCNC(=O)c1ccc(S(=O)(=O)NCCC2=CCCCC2)cc1. The van der Waals surface area contributed by atoms with E-state index >= 15 is 0 Å². The van der Waals surface area contributed by atoms with Crippen molar-refractivity contribution in [1.29, 1.82) is 0 Å². The molecule has 0 fully saturated rings. The van der Waals surface area contributed by atoms with Gasteiger partial charge in [-0.1, -0.05) is 25.5 Å². The largest absolute Gasteiger partial charge is 0.352 e. The third-order valence-corrected chi connectivity index (χ3v) is 6.03. The molecule has 1 amide bonds. The minimum Gasteiger partial charge on any atom is -0.352 e. The van der Waals surface area contributed by atoms with Crippen molar-refractivity contribution < 1.29 is 13.2 Å². The zero-order valence-electron chi connectivity index (χ0n) is 15.8. The molecule has 0 spiro atoms. The molecule has 0 bridgehead atoms. The third-order valence-electron chi connectivity index (χ3n) is 4.56. The average molecular weight is 379 g/mol. The quantitative estimate of drug-likeness (QED) is 0.644. The molecule has 0 unspecified atom stereocenters. The minimum absolute atomic E-state index is 0.174. The Labute approximate surface area is 157 Å². The number of carbonyl (C=O) groups is 1. The number of benzene rings is 1. The van der Waals surface area contributed by atoms with E-state index in [0.717, 1.165) is 25.7 Å². The van der Waals surface area contributed by atoms with Crippen molar-refractivity contribution in [3.05, 3.63) is 41.5 Å². The number of hydrogen-bond donors (Lipinski definition) is 2. The minimum atomic E-state index is -3.54. The first kappa shape index (κ1) is 20.6. The lowest BCUT2D eigenvalue weighted by Crippen LogP contribution is -2.26. The molecule has 2 rings (SSSR count). The lowest BCUT2D eigenvalue weighted by atomic mass is 9.97. The number of sulfonamides is 1. The summed E-state index contributed by atoms with van der Waals surface area (Å²) in [5.74, 6) is 0.352. The zero-order chi connectivity index (χ0) is 19.0. The molecule has 1 aromatic carbocycles. The second-order valence-electron chi connectivity index (χ2n) is 7.22. The first-order chi connectivity index (χ1) is 12.4. The van der Waals surface area contributed by atoms with Crippen LogP contribution in [0.4, 0.5) is 0 Å². The van der Waals surface area contributed by atoms with E-state index in [0.29, 0.717) is 24.6 Å². The molecule has 144 valence electrons. The van der Waals surface area contributed by atoms with E-state index < -0.39 is 10.0 Å². The highest BCUT2D eigenvalue weighted by Gasteiger charge is 2.15. The van der Waals surface area contributed by atoms with Gasteiger partial charge in [-0.15, -0.1) is 0 Å². The Hall–Kier alpha value is -1.66. The summed E-state index contributed by atoms with van der Waals surface area (Å²) in [5.41, 5.74) is 1.81. The molecular weight excluding hydrogens is 348 g/mol. The molecule has 26 heavy (non-hydrogen) atoms. The highest BCUT2D eigenvalue weighted by atomic mass is 32.2. The smallest absolute Gasteiger partial charge is 0.251 e. The molecule has 1 aromatic rings. The molecule has 0 aliphatic heterocycles. The molecule has 0 aromatic heterocycles. The lowest BCUT2D eigenvalue weighted by molar-refractivity contribution is 0.0952. The van der Waals surface area contributed by atoms with E-state index in [1.165, 1.54) is 30.5 Å². The van der Waals surface area contributed by atoms with E-state index in [4.69, 9.17) is 0 Å². The van der Waals surface area contributed by atoms with Gasteiger partial charge >= 0.3 is 0 Å². The number of rotatable bonds is 9. The fourth-order valence-corrected chi connectivity index (χ4v) is 3.95. The van der Waals surface area contributed by atoms with Crippen molar-refractivity contribution in [2.24, 2.45) is 5.92 Å². The maximum atomic E-state index is 12.4. The highest BCUT2D eigenvalue weighted by Crippen LogP contribution is 2.19. The predicted octanol–water partition coefficient (Wildman–Crippen LogP) is 3.63. The standard InChI is InChI=1S/C20H30N2O3S/c1-16(2)12-14-21-20(23)18-8-10-19(11-9-18)26(24,25)22-15-13-17-6-4-3-5-7-17/h6,8-11,16,22H,3-5,7,12-15H2,1-2H3,(H,21,23). The maximum Gasteiger partial charge on any atom is 0.251 e. The summed E-state index contributed by atoms with van der Waals surface area (Å²) < 4.78 is 27.4. The Balaban J connectivity index is 1.87. The molecule has 5 nitrogen and oxygen atoms in total. The second-order valence-corrected chi connectivity index (χ2v) is 8.99. The van der Waals surface area contributed by atoms with Gasteiger partial charge in [0.15, 0.2) is 0 Å². The number of nitrogens with one attached hydrogen (secondary N) is 2. The van der Waals surface area contributed by atoms with Gasteiger partial charge in [-0.2, -0.15) is 0 Å². The van der Waals surface area contributed by atoms with Gasteiger partial charge in [0.05, 0.1) is 4.90 Å². The monoisotopic (exact) mass is 378 g/mol. The Kier molecular flexibility index (Phi) is 7.85. The van der Waals surface area contributed by atoms with Crippen LogP contribution in [0.1, 0.15) is 62.7 Å². The van der Waals surface area contributed by atoms with E-state index in [1.54, 1.807) is 12.1 Å². The van der Waals surface area contributed by atoms with Crippen LogP contribution in [0.5, 0.6) is 0 Å². The first-order valence-corrected chi connectivity index (χ1v) is 10.9. The second kappa shape index (κ2) is 9.88. The Morgan fingerprint density at radius 3 is 2.46 bits per heavy atom. The van der Waals surface area contributed by atoms with Crippen molar-refractivity contribution >= 4 is 15.9 Å². The number of allylic oxidation sites excluding steroid dienone is 1. The van der Waals surface area contributed by atoms with Gasteiger partial charge in [0, 0.05) is 18.7 Å². The molecular formula is C20H30N2O3S. The van der Waals surface area contributed by atoms with Crippen molar-refractivity contribution in [1.82, 2.24) is 10.0 Å². The molecule has 1 aliphatic rings. The molecule has 6 heteroatoms. The maximum absolute atomic E-state index is 12.4. The van der Waals surface area contributed by atoms with Crippen molar-refractivity contribution in [3.63, 3.8) is 0 Å². The number of hydrogen-bond acceptors (Lipinski definition) is 3. The molecule has 0 radical (unpaired) electrons. The summed E-state index contributed by atoms with van der Waals surface area (Å²) in [6.07, 6.45) is 8.50. The Morgan fingerprint density at radius 1 is 1.12 bits per heavy atom. The fourth-order valence-electron chi connectivity index (χ4n) is 2.92. The van der Waals surface area contributed by atoms with Crippen LogP contribution in [-0.4, -0.2) is 27.4 Å². The van der Waals surface area contributed by atoms with Crippen LogP contribution < -0.4 is 10.0 Å². The molecule has 0 atom stereocenters. The topological polar surface area (TPSA) is 75.3 Å². The van der Waals surface area contributed by atoms with Crippen LogP contribution in [0.25, 0.3) is 0 Å². The van der Waals surface area contributed by atoms with Gasteiger partial charge in [0.1, 0.15) is 0 Å². The molecule has 0 saturated carbocycles. The summed E-state index contributed by atoms with van der Waals surface area (Å²) in [5, 5.41) is 2.85. The van der Waals surface area contributed by atoms with Crippen LogP contribution in [-0.2, 0) is 10.0 Å². The van der Waals surface area contributed by atoms with Crippen LogP contribution in [0.2, 0.25) is 0 Å². The normalized spacial score (nSPS) is 15.0. The van der Waals surface area contributed by atoms with Crippen molar-refractivity contribution in [2.45, 2.75) is 57.3 Å². The summed E-state index contributed by atoms with van der Waals surface area (Å²) in [7, 11) is -3.54. The summed E-state index contributed by atoms with van der Waals surface area (Å²) in [4.78, 5) is 12.2. The van der Waals surface area contributed by atoms with Crippen molar-refractivity contribution in [2.75, 3.05) is 13.1 Å². The Bertz CT molecular complexity index is 722. The lowest BCUT2D eigenvalue weighted by Gasteiger charge is -2.13. The first-order valence-electron chi connectivity index (χ1n) is 9.44. The molecule has 1 aliphatic carbocycles.